The SMILES string of the molecule is COc1ncc(NC(=O)c2csnc2C)cc1C. The molecule has 0 aliphatic heterocycles. The predicted octanol–water partition coefficient (Wildman–Crippen LogP) is 2.42. The molecule has 2 heterocycles. The van der Waals surface area contributed by atoms with Crippen LogP contribution in [0.2, 0.25) is 0 Å². The van der Waals surface area contributed by atoms with E-state index in [0.29, 0.717) is 17.1 Å². The molecule has 94 valence electrons. The Morgan fingerprint density at radius 1 is 1.44 bits per heavy atom. The lowest BCUT2D eigenvalue weighted by atomic mass is 10.2. The molecular weight excluding hydrogens is 250 g/mol. The molecule has 0 fully saturated rings. The van der Waals surface area contributed by atoms with Crippen LogP contribution in [0.3, 0.4) is 0 Å². The molecule has 0 aliphatic carbocycles. The minimum Gasteiger partial charge on any atom is -0.481 e. The molecule has 2 aromatic rings. The van der Waals surface area contributed by atoms with E-state index in [0.717, 1.165) is 11.3 Å². The molecule has 0 radical (unpaired) electrons. The zero-order valence-electron chi connectivity index (χ0n) is 10.4. The van der Waals surface area contributed by atoms with Gasteiger partial charge in [-0.15, -0.1) is 0 Å². The average Bonchev–Trinajstić information content (AvgIpc) is 2.76. The summed E-state index contributed by atoms with van der Waals surface area (Å²) in [7, 11) is 1.56. The van der Waals surface area contributed by atoms with Gasteiger partial charge in [-0.3, -0.25) is 4.79 Å². The average molecular weight is 263 g/mol. The molecule has 1 N–H and O–H groups in total. The van der Waals surface area contributed by atoms with Gasteiger partial charge in [-0.1, -0.05) is 0 Å². The minimum atomic E-state index is -0.174. The van der Waals surface area contributed by atoms with Crippen LogP contribution in [0.1, 0.15) is 21.6 Å². The zero-order valence-corrected chi connectivity index (χ0v) is 11.2. The number of nitrogens with zero attached hydrogens (tertiary/aromatic N) is 2. The summed E-state index contributed by atoms with van der Waals surface area (Å²) in [5.41, 5.74) is 2.84. The first-order valence-electron chi connectivity index (χ1n) is 5.34. The molecule has 2 aromatic heterocycles. The second kappa shape index (κ2) is 5.14. The van der Waals surface area contributed by atoms with Crippen LogP contribution in [-0.4, -0.2) is 22.4 Å². The number of anilines is 1. The number of pyridine rings is 1. The summed E-state index contributed by atoms with van der Waals surface area (Å²) in [6.45, 7) is 3.68. The molecule has 0 saturated heterocycles. The third-order valence-corrected chi connectivity index (χ3v) is 3.20. The van der Waals surface area contributed by atoms with Crippen molar-refractivity contribution in [3.05, 3.63) is 34.5 Å². The van der Waals surface area contributed by atoms with Crippen LogP contribution in [0.15, 0.2) is 17.6 Å². The number of hydrogen-bond acceptors (Lipinski definition) is 5. The first kappa shape index (κ1) is 12.5. The lowest BCUT2D eigenvalue weighted by Gasteiger charge is -2.07. The van der Waals surface area contributed by atoms with E-state index in [9.17, 15) is 4.79 Å². The van der Waals surface area contributed by atoms with Crippen molar-refractivity contribution in [1.29, 1.82) is 0 Å². The molecule has 0 unspecified atom stereocenters. The molecular formula is C12H13N3O2S. The molecule has 0 bridgehead atoms. The number of aromatic nitrogens is 2. The van der Waals surface area contributed by atoms with Gasteiger partial charge in [0.15, 0.2) is 0 Å². The molecule has 0 aromatic carbocycles. The number of nitrogens with one attached hydrogen (secondary N) is 1. The molecule has 0 atom stereocenters. The Morgan fingerprint density at radius 3 is 2.78 bits per heavy atom. The number of carbonyl (C=O) groups excluding carboxylic acids is 1. The van der Waals surface area contributed by atoms with Crippen LogP contribution in [0.25, 0.3) is 0 Å². The molecule has 0 aliphatic rings. The maximum absolute atomic E-state index is 12.0. The molecule has 1 amide bonds. The van der Waals surface area contributed by atoms with Gasteiger partial charge in [-0.25, -0.2) is 4.98 Å². The highest BCUT2D eigenvalue weighted by atomic mass is 32.1. The maximum Gasteiger partial charge on any atom is 0.258 e. The topological polar surface area (TPSA) is 64.1 Å². The van der Waals surface area contributed by atoms with E-state index in [4.69, 9.17) is 4.74 Å². The van der Waals surface area contributed by atoms with Gasteiger partial charge in [0, 0.05) is 10.9 Å². The highest BCUT2D eigenvalue weighted by molar-refractivity contribution is 7.04. The number of carbonyl (C=O) groups is 1. The van der Waals surface area contributed by atoms with E-state index in [2.05, 4.69) is 14.7 Å². The predicted molar refractivity (Wildman–Crippen MR) is 70.3 cm³/mol. The molecule has 18 heavy (non-hydrogen) atoms. The van der Waals surface area contributed by atoms with Crippen molar-refractivity contribution in [2.24, 2.45) is 0 Å². The quantitative estimate of drug-likeness (QED) is 0.923. The number of methoxy groups -OCH3 is 1. The summed E-state index contributed by atoms with van der Waals surface area (Å²) in [5, 5.41) is 4.52. The van der Waals surface area contributed by atoms with Crippen LogP contribution in [0, 0.1) is 13.8 Å². The fourth-order valence-corrected chi connectivity index (χ4v) is 2.25. The summed E-state index contributed by atoms with van der Waals surface area (Å²) < 4.78 is 9.13. The van der Waals surface area contributed by atoms with E-state index in [1.54, 1.807) is 18.7 Å². The first-order chi connectivity index (χ1) is 8.61. The maximum atomic E-state index is 12.0. The van der Waals surface area contributed by atoms with Crippen molar-refractivity contribution in [2.75, 3.05) is 12.4 Å². The summed E-state index contributed by atoms with van der Waals surface area (Å²) in [6.07, 6.45) is 1.57. The number of rotatable bonds is 3. The van der Waals surface area contributed by atoms with Gasteiger partial charge in [-0.2, -0.15) is 4.37 Å². The molecule has 0 spiro atoms. The zero-order chi connectivity index (χ0) is 13.1. The van der Waals surface area contributed by atoms with E-state index < -0.39 is 0 Å². The van der Waals surface area contributed by atoms with E-state index >= 15 is 0 Å². The van der Waals surface area contributed by atoms with E-state index in [-0.39, 0.29) is 5.91 Å². The number of hydrogen-bond donors (Lipinski definition) is 1. The van der Waals surface area contributed by atoms with Crippen LogP contribution < -0.4 is 10.1 Å². The number of ether oxygens (including phenoxy) is 1. The smallest absolute Gasteiger partial charge is 0.258 e. The largest absolute Gasteiger partial charge is 0.481 e. The van der Waals surface area contributed by atoms with Gasteiger partial charge >= 0.3 is 0 Å². The van der Waals surface area contributed by atoms with E-state index in [1.165, 1.54) is 11.5 Å². The highest BCUT2D eigenvalue weighted by Crippen LogP contribution is 2.19. The Hall–Kier alpha value is -1.95. The van der Waals surface area contributed by atoms with Crippen molar-refractivity contribution in [1.82, 2.24) is 9.36 Å². The first-order valence-corrected chi connectivity index (χ1v) is 6.18. The molecule has 6 heteroatoms. The number of amides is 1. The van der Waals surface area contributed by atoms with Gasteiger partial charge in [0.05, 0.1) is 30.3 Å². The van der Waals surface area contributed by atoms with Crippen LogP contribution in [-0.2, 0) is 0 Å². The van der Waals surface area contributed by atoms with Crippen LogP contribution >= 0.6 is 11.5 Å². The van der Waals surface area contributed by atoms with Gasteiger partial charge in [0.2, 0.25) is 5.88 Å². The van der Waals surface area contributed by atoms with Gasteiger partial charge in [0.1, 0.15) is 0 Å². The van der Waals surface area contributed by atoms with Crippen molar-refractivity contribution < 1.29 is 9.53 Å². The van der Waals surface area contributed by atoms with Crippen LogP contribution in [0.5, 0.6) is 5.88 Å². The Labute approximate surface area is 109 Å². The van der Waals surface area contributed by atoms with Crippen molar-refractivity contribution >= 4 is 23.1 Å². The summed E-state index contributed by atoms with van der Waals surface area (Å²) in [5.74, 6) is 0.383. The van der Waals surface area contributed by atoms with Gasteiger partial charge in [-0.05, 0) is 31.4 Å². The van der Waals surface area contributed by atoms with Crippen molar-refractivity contribution in [2.45, 2.75) is 13.8 Å². The Balaban J connectivity index is 2.17. The summed E-state index contributed by atoms with van der Waals surface area (Å²) in [6, 6.07) is 1.82. The van der Waals surface area contributed by atoms with Gasteiger partial charge in [0.25, 0.3) is 5.91 Å². The second-order valence-corrected chi connectivity index (χ2v) is 4.45. The van der Waals surface area contributed by atoms with Crippen molar-refractivity contribution in [3.63, 3.8) is 0 Å². The Kier molecular flexibility index (Phi) is 3.57. The second-order valence-electron chi connectivity index (χ2n) is 3.82. The van der Waals surface area contributed by atoms with Crippen LogP contribution in [0.4, 0.5) is 5.69 Å². The lowest BCUT2D eigenvalue weighted by molar-refractivity contribution is 0.102. The summed E-state index contributed by atoms with van der Waals surface area (Å²) in [4.78, 5) is 16.1. The highest BCUT2D eigenvalue weighted by Gasteiger charge is 2.12. The minimum absolute atomic E-state index is 0.174. The molecule has 2 rings (SSSR count). The Bertz CT molecular complexity index is 580. The third kappa shape index (κ3) is 2.48. The van der Waals surface area contributed by atoms with Crippen molar-refractivity contribution in [3.8, 4) is 5.88 Å². The fourth-order valence-electron chi connectivity index (χ4n) is 1.55. The normalized spacial score (nSPS) is 10.2. The van der Waals surface area contributed by atoms with E-state index in [1.807, 2.05) is 19.9 Å². The standard InChI is InChI=1S/C12H13N3O2S/c1-7-4-9(5-13-12(7)17-3)14-11(16)10-6-18-15-8(10)2/h4-6H,1-3H3,(H,14,16). The molecule has 0 saturated carbocycles. The number of aryl methyl sites for hydroxylation is 2. The van der Waals surface area contributed by atoms with Gasteiger partial charge < -0.3 is 10.1 Å². The Morgan fingerprint density at radius 2 is 2.22 bits per heavy atom. The molecule has 5 nitrogen and oxygen atoms in total. The fraction of sp³-hybridized carbons (Fsp3) is 0.250. The lowest BCUT2D eigenvalue weighted by Crippen LogP contribution is -2.12. The third-order valence-electron chi connectivity index (χ3n) is 2.48. The summed E-state index contributed by atoms with van der Waals surface area (Å²) >= 11 is 1.27. The monoisotopic (exact) mass is 263 g/mol.